The Morgan fingerprint density at radius 3 is 2.64 bits per heavy atom. The van der Waals surface area contributed by atoms with Gasteiger partial charge in [0.1, 0.15) is 0 Å². The van der Waals surface area contributed by atoms with E-state index in [1.165, 1.54) is 6.08 Å². The molecule has 1 aromatic heterocycles. The second kappa shape index (κ2) is 8.29. The van der Waals surface area contributed by atoms with E-state index in [2.05, 4.69) is 10.3 Å². The van der Waals surface area contributed by atoms with Gasteiger partial charge in [-0.05, 0) is 35.9 Å². The summed E-state index contributed by atoms with van der Waals surface area (Å²) in [4.78, 5) is 16.3. The number of nitrogens with one attached hydrogen (secondary N) is 1. The van der Waals surface area contributed by atoms with E-state index in [9.17, 15) is 13.6 Å². The monoisotopic (exact) mass is 320 g/mol. The number of hydrogen-bond acceptors (Lipinski definition) is 3. The van der Waals surface area contributed by atoms with Gasteiger partial charge < -0.3 is 5.32 Å². The number of halogens is 2. The third-order valence-electron chi connectivity index (χ3n) is 2.70. The summed E-state index contributed by atoms with van der Waals surface area (Å²) < 4.78 is 24.4. The van der Waals surface area contributed by atoms with E-state index in [1.54, 1.807) is 42.6 Å². The van der Waals surface area contributed by atoms with E-state index in [4.69, 9.17) is 0 Å². The number of pyridine rings is 1. The van der Waals surface area contributed by atoms with E-state index in [1.807, 2.05) is 12.1 Å². The van der Waals surface area contributed by atoms with Crippen LogP contribution in [0.4, 0.5) is 8.78 Å². The number of nitrogens with zero attached hydrogens (tertiary/aromatic N) is 1. The van der Waals surface area contributed by atoms with E-state index >= 15 is 0 Å². The van der Waals surface area contributed by atoms with Crippen LogP contribution in [0.25, 0.3) is 6.08 Å². The van der Waals surface area contributed by atoms with Crippen LogP contribution in [0.2, 0.25) is 0 Å². The van der Waals surface area contributed by atoms with Crippen molar-refractivity contribution in [3.8, 4) is 0 Å². The Bertz CT molecular complexity index is 630. The lowest BCUT2D eigenvalue weighted by atomic mass is 10.2. The summed E-state index contributed by atoms with van der Waals surface area (Å²) in [6.45, 7) is 0.355. The number of hydrogen-bond donors (Lipinski definition) is 1. The highest BCUT2D eigenvalue weighted by atomic mass is 32.2. The molecular formula is C16H14F2N2OS. The third kappa shape index (κ3) is 5.65. The van der Waals surface area contributed by atoms with Crippen molar-refractivity contribution in [1.29, 1.82) is 0 Å². The van der Waals surface area contributed by atoms with Crippen molar-refractivity contribution >= 4 is 23.7 Å². The Morgan fingerprint density at radius 2 is 2.00 bits per heavy atom. The Labute approximate surface area is 131 Å². The van der Waals surface area contributed by atoms with Crippen LogP contribution in [-0.2, 0) is 11.3 Å². The number of alkyl halides is 2. The van der Waals surface area contributed by atoms with Crippen LogP contribution in [0, 0.1) is 0 Å². The largest absolute Gasteiger partial charge is 0.347 e. The SMILES string of the molecule is O=C(C=Cc1ccc(SC(F)F)cc1)NCc1ccccn1. The van der Waals surface area contributed by atoms with Crippen LogP contribution in [0.5, 0.6) is 0 Å². The molecule has 1 heterocycles. The molecular weight excluding hydrogens is 306 g/mol. The minimum absolute atomic E-state index is 0.239. The first-order valence-electron chi connectivity index (χ1n) is 6.54. The zero-order valence-electron chi connectivity index (χ0n) is 11.6. The average molecular weight is 320 g/mol. The van der Waals surface area contributed by atoms with Gasteiger partial charge in [0.15, 0.2) is 0 Å². The van der Waals surface area contributed by atoms with Crippen molar-refractivity contribution < 1.29 is 13.6 Å². The Morgan fingerprint density at radius 1 is 1.23 bits per heavy atom. The maximum atomic E-state index is 12.2. The maximum Gasteiger partial charge on any atom is 0.288 e. The molecule has 0 saturated heterocycles. The molecule has 0 aliphatic carbocycles. The standard InChI is InChI=1S/C16H14F2N2OS/c17-16(18)22-14-7-4-12(5-8-14)6-9-15(21)20-11-13-3-1-2-10-19-13/h1-10,16H,11H2,(H,20,21). The zero-order valence-corrected chi connectivity index (χ0v) is 12.4. The Balaban J connectivity index is 1.84. The molecule has 1 aromatic carbocycles. The average Bonchev–Trinajstić information content (AvgIpc) is 2.53. The Kier molecular flexibility index (Phi) is 6.09. The molecule has 0 radical (unpaired) electrons. The van der Waals surface area contributed by atoms with Gasteiger partial charge in [-0.1, -0.05) is 30.0 Å². The van der Waals surface area contributed by atoms with Gasteiger partial charge in [-0.15, -0.1) is 0 Å². The van der Waals surface area contributed by atoms with Crippen LogP contribution >= 0.6 is 11.8 Å². The number of thioether (sulfide) groups is 1. The number of benzene rings is 1. The van der Waals surface area contributed by atoms with Crippen molar-refractivity contribution in [3.05, 3.63) is 66.0 Å². The topological polar surface area (TPSA) is 42.0 Å². The second-order valence-electron chi connectivity index (χ2n) is 4.32. The van der Waals surface area contributed by atoms with Crippen LogP contribution in [0.15, 0.2) is 59.6 Å². The zero-order chi connectivity index (χ0) is 15.8. The minimum Gasteiger partial charge on any atom is -0.347 e. The van der Waals surface area contributed by atoms with E-state index in [0.29, 0.717) is 23.2 Å². The molecule has 6 heteroatoms. The van der Waals surface area contributed by atoms with E-state index < -0.39 is 5.76 Å². The fraction of sp³-hybridized carbons (Fsp3) is 0.125. The van der Waals surface area contributed by atoms with Gasteiger partial charge in [-0.2, -0.15) is 8.78 Å². The fourth-order valence-corrected chi connectivity index (χ4v) is 2.17. The van der Waals surface area contributed by atoms with Crippen molar-refractivity contribution in [3.63, 3.8) is 0 Å². The van der Waals surface area contributed by atoms with Gasteiger partial charge in [0.25, 0.3) is 5.76 Å². The number of carbonyl (C=O) groups excluding carboxylic acids is 1. The van der Waals surface area contributed by atoms with Crippen molar-refractivity contribution in [2.75, 3.05) is 0 Å². The summed E-state index contributed by atoms with van der Waals surface area (Å²) >= 11 is 0.494. The number of carbonyl (C=O) groups is 1. The molecule has 0 atom stereocenters. The number of rotatable bonds is 6. The van der Waals surface area contributed by atoms with Crippen molar-refractivity contribution in [1.82, 2.24) is 10.3 Å². The van der Waals surface area contributed by atoms with Crippen molar-refractivity contribution in [2.45, 2.75) is 17.2 Å². The fourth-order valence-electron chi connectivity index (χ4n) is 1.67. The number of amides is 1. The molecule has 22 heavy (non-hydrogen) atoms. The first-order chi connectivity index (χ1) is 10.6. The molecule has 0 bridgehead atoms. The Hall–Kier alpha value is -2.21. The van der Waals surface area contributed by atoms with Gasteiger partial charge in [-0.3, -0.25) is 9.78 Å². The van der Waals surface area contributed by atoms with Gasteiger partial charge in [0.2, 0.25) is 5.91 Å². The maximum absolute atomic E-state index is 12.2. The molecule has 0 aliphatic heterocycles. The van der Waals surface area contributed by atoms with E-state index in [-0.39, 0.29) is 5.91 Å². The molecule has 114 valence electrons. The summed E-state index contributed by atoms with van der Waals surface area (Å²) in [5.41, 5.74) is 1.55. The third-order valence-corrected chi connectivity index (χ3v) is 3.42. The van der Waals surface area contributed by atoms with Gasteiger partial charge in [0.05, 0.1) is 12.2 Å². The quantitative estimate of drug-likeness (QED) is 0.651. The first-order valence-corrected chi connectivity index (χ1v) is 7.42. The van der Waals surface area contributed by atoms with Crippen LogP contribution < -0.4 is 5.32 Å². The normalized spacial score (nSPS) is 11.0. The summed E-state index contributed by atoms with van der Waals surface area (Å²) in [5, 5.41) is 2.72. The molecule has 0 aliphatic rings. The first kappa shape index (κ1) is 16.2. The van der Waals surface area contributed by atoms with E-state index in [0.717, 1.165) is 11.3 Å². The molecule has 1 amide bonds. The van der Waals surface area contributed by atoms with Gasteiger partial charge in [-0.25, -0.2) is 0 Å². The molecule has 0 unspecified atom stereocenters. The second-order valence-corrected chi connectivity index (χ2v) is 5.38. The molecule has 0 fully saturated rings. The lowest BCUT2D eigenvalue weighted by Crippen LogP contribution is -2.20. The highest BCUT2D eigenvalue weighted by Crippen LogP contribution is 2.25. The van der Waals surface area contributed by atoms with Crippen LogP contribution in [-0.4, -0.2) is 16.6 Å². The van der Waals surface area contributed by atoms with Crippen LogP contribution in [0.3, 0.4) is 0 Å². The predicted molar refractivity (Wildman–Crippen MR) is 83.4 cm³/mol. The summed E-state index contributed by atoms with van der Waals surface area (Å²) in [6.07, 6.45) is 4.69. The summed E-state index contributed by atoms with van der Waals surface area (Å²) in [7, 11) is 0. The van der Waals surface area contributed by atoms with Crippen LogP contribution in [0.1, 0.15) is 11.3 Å². The summed E-state index contributed by atoms with van der Waals surface area (Å²) in [6, 6.07) is 12.1. The molecule has 2 rings (SSSR count). The number of aromatic nitrogens is 1. The molecule has 3 nitrogen and oxygen atoms in total. The molecule has 0 saturated carbocycles. The highest BCUT2D eigenvalue weighted by Gasteiger charge is 2.04. The molecule has 0 spiro atoms. The lowest BCUT2D eigenvalue weighted by molar-refractivity contribution is -0.116. The highest BCUT2D eigenvalue weighted by molar-refractivity contribution is 7.99. The smallest absolute Gasteiger partial charge is 0.288 e. The van der Waals surface area contributed by atoms with Gasteiger partial charge in [0, 0.05) is 17.2 Å². The summed E-state index contributed by atoms with van der Waals surface area (Å²) in [5.74, 6) is -2.67. The molecule has 1 N–H and O–H groups in total. The van der Waals surface area contributed by atoms with Gasteiger partial charge >= 0.3 is 0 Å². The molecule has 2 aromatic rings. The minimum atomic E-state index is -2.43. The predicted octanol–water partition coefficient (Wildman–Crippen LogP) is 3.73. The van der Waals surface area contributed by atoms with Crippen molar-refractivity contribution in [2.24, 2.45) is 0 Å². The lowest BCUT2D eigenvalue weighted by Gasteiger charge is -2.02.